The van der Waals surface area contributed by atoms with Crippen molar-refractivity contribution in [1.29, 1.82) is 5.26 Å². The number of pyridine rings is 1. The van der Waals surface area contributed by atoms with Gasteiger partial charge < -0.3 is 9.88 Å². The molecule has 0 bridgehead atoms. The molecule has 1 aliphatic carbocycles. The number of hydrogen-bond acceptors (Lipinski definition) is 5. The van der Waals surface area contributed by atoms with Crippen LogP contribution in [0.3, 0.4) is 0 Å². The van der Waals surface area contributed by atoms with Crippen LogP contribution in [-0.4, -0.2) is 25.4 Å². The SMILES string of the molecule is CCn1cc(-c2cc(C)nc(C3CC3C#N)n2)c2cc(NC(C)=O)ncc21. The highest BCUT2D eigenvalue weighted by Gasteiger charge is 2.41. The first-order valence-corrected chi connectivity index (χ1v) is 9.02. The summed E-state index contributed by atoms with van der Waals surface area (Å²) in [5.41, 5.74) is 3.67. The molecule has 136 valence electrons. The van der Waals surface area contributed by atoms with Crippen molar-refractivity contribution in [1.82, 2.24) is 19.5 Å². The molecule has 3 aromatic heterocycles. The molecule has 3 aromatic rings. The summed E-state index contributed by atoms with van der Waals surface area (Å²) in [5.74, 6) is 1.25. The zero-order valence-corrected chi connectivity index (χ0v) is 15.5. The lowest BCUT2D eigenvalue weighted by Crippen LogP contribution is -2.07. The molecule has 0 radical (unpaired) electrons. The molecule has 27 heavy (non-hydrogen) atoms. The molecule has 1 N–H and O–H groups in total. The molecule has 0 aromatic carbocycles. The van der Waals surface area contributed by atoms with Gasteiger partial charge in [0.15, 0.2) is 0 Å². The van der Waals surface area contributed by atoms with Gasteiger partial charge in [-0.05, 0) is 32.4 Å². The number of anilines is 1. The van der Waals surface area contributed by atoms with Crippen LogP contribution in [0.5, 0.6) is 0 Å². The van der Waals surface area contributed by atoms with Crippen molar-refractivity contribution < 1.29 is 4.79 Å². The largest absolute Gasteiger partial charge is 0.346 e. The first kappa shape index (κ1) is 17.2. The maximum atomic E-state index is 11.4. The molecule has 0 aliphatic heterocycles. The summed E-state index contributed by atoms with van der Waals surface area (Å²) in [4.78, 5) is 25.0. The van der Waals surface area contributed by atoms with Crippen molar-refractivity contribution in [3.8, 4) is 17.3 Å². The van der Waals surface area contributed by atoms with Crippen LogP contribution in [-0.2, 0) is 11.3 Å². The lowest BCUT2D eigenvalue weighted by molar-refractivity contribution is -0.114. The second kappa shape index (κ2) is 6.47. The van der Waals surface area contributed by atoms with Crippen molar-refractivity contribution in [2.75, 3.05) is 5.32 Å². The van der Waals surface area contributed by atoms with Crippen LogP contribution in [0.1, 0.15) is 37.7 Å². The Morgan fingerprint density at radius 1 is 1.41 bits per heavy atom. The second-order valence-corrected chi connectivity index (χ2v) is 6.93. The number of aryl methyl sites for hydroxylation is 2. The van der Waals surface area contributed by atoms with Gasteiger partial charge in [-0.3, -0.25) is 4.79 Å². The fraction of sp³-hybridized carbons (Fsp3) is 0.350. The van der Waals surface area contributed by atoms with Crippen LogP contribution in [0.2, 0.25) is 0 Å². The number of nitrogens with one attached hydrogen (secondary N) is 1. The number of carbonyl (C=O) groups excluding carboxylic acids is 1. The second-order valence-electron chi connectivity index (χ2n) is 6.93. The maximum Gasteiger partial charge on any atom is 0.222 e. The Kier molecular flexibility index (Phi) is 4.11. The Bertz CT molecular complexity index is 1090. The lowest BCUT2D eigenvalue weighted by Gasteiger charge is -2.06. The molecule has 2 unspecified atom stereocenters. The van der Waals surface area contributed by atoms with Gasteiger partial charge >= 0.3 is 0 Å². The van der Waals surface area contributed by atoms with E-state index in [9.17, 15) is 4.79 Å². The zero-order chi connectivity index (χ0) is 19.1. The smallest absolute Gasteiger partial charge is 0.222 e. The molecular formula is C20H20N6O. The Hall–Kier alpha value is -3.27. The monoisotopic (exact) mass is 360 g/mol. The molecule has 1 fully saturated rings. The summed E-state index contributed by atoms with van der Waals surface area (Å²) in [5, 5.41) is 12.8. The maximum absolute atomic E-state index is 11.4. The van der Waals surface area contributed by atoms with E-state index in [0.717, 1.165) is 46.6 Å². The normalized spacial score (nSPS) is 18.3. The van der Waals surface area contributed by atoms with E-state index in [1.807, 2.05) is 19.1 Å². The molecule has 0 spiro atoms. The van der Waals surface area contributed by atoms with Gasteiger partial charge in [-0.15, -0.1) is 0 Å². The molecule has 7 nitrogen and oxygen atoms in total. The van der Waals surface area contributed by atoms with E-state index in [0.29, 0.717) is 5.82 Å². The fourth-order valence-electron chi connectivity index (χ4n) is 3.42. The van der Waals surface area contributed by atoms with Crippen molar-refractivity contribution in [3.05, 3.63) is 36.0 Å². The van der Waals surface area contributed by atoms with Crippen LogP contribution >= 0.6 is 0 Å². The number of hydrogen-bond donors (Lipinski definition) is 1. The Balaban J connectivity index is 1.85. The first-order chi connectivity index (χ1) is 13.0. The van der Waals surface area contributed by atoms with E-state index in [2.05, 4.69) is 39.0 Å². The number of nitrogens with zero attached hydrogens (tertiary/aromatic N) is 5. The molecule has 4 rings (SSSR count). The Labute approximate surface area is 157 Å². The molecule has 7 heteroatoms. The van der Waals surface area contributed by atoms with Gasteiger partial charge in [-0.25, -0.2) is 15.0 Å². The topological polar surface area (TPSA) is 96.5 Å². The van der Waals surface area contributed by atoms with Gasteiger partial charge in [-0.2, -0.15) is 5.26 Å². The molecule has 1 aliphatic rings. The van der Waals surface area contributed by atoms with Crippen molar-refractivity contribution >= 4 is 22.6 Å². The highest BCUT2D eigenvalue weighted by Crippen LogP contribution is 2.46. The summed E-state index contributed by atoms with van der Waals surface area (Å²) >= 11 is 0. The predicted octanol–water partition coefficient (Wildman–Crippen LogP) is 3.41. The van der Waals surface area contributed by atoms with E-state index in [-0.39, 0.29) is 17.7 Å². The number of aromatic nitrogens is 4. The number of amides is 1. The van der Waals surface area contributed by atoms with Gasteiger partial charge in [-0.1, -0.05) is 0 Å². The van der Waals surface area contributed by atoms with E-state index in [4.69, 9.17) is 10.2 Å². The number of fused-ring (bicyclic) bond motifs is 1. The number of rotatable bonds is 4. The highest BCUT2D eigenvalue weighted by molar-refractivity contribution is 5.98. The molecule has 0 saturated heterocycles. The van der Waals surface area contributed by atoms with Crippen LogP contribution in [0.25, 0.3) is 22.2 Å². The third kappa shape index (κ3) is 3.14. The van der Waals surface area contributed by atoms with Gasteiger partial charge in [0, 0.05) is 42.2 Å². The van der Waals surface area contributed by atoms with Gasteiger partial charge in [0.1, 0.15) is 11.6 Å². The Morgan fingerprint density at radius 2 is 2.22 bits per heavy atom. The van der Waals surface area contributed by atoms with Crippen LogP contribution in [0.15, 0.2) is 24.5 Å². The summed E-state index contributed by atoms with van der Waals surface area (Å²) in [7, 11) is 0. The van der Waals surface area contributed by atoms with Crippen LogP contribution < -0.4 is 5.32 Å². The Morgan fingerprint density at radius 3 is 2.89 bits per heavy atom. The summed E-state index contributed by atoms with van der Waals surface area (Å²) < 4.78 is 2.11. The molecular weight excluding hydrogens is 340 g/mol. The minimum absolute atomic E-state index is 0.0206. The van der Waals surface area contributed by atoms with Gasteiger partial charge in [0.05, 0.1) is 29.4 Å². The van der Waals surface area contributed by atoms with Crippen molar-refractivity contribution in [3.63, 3.8) is 0 Å². The van der Waals surface area contributed by atoms with Crippen LogP contribution in [0.4, 0.5) is 5.82 Å². The molecule has 1 saturated carbocycles. The lowest BCUT2D eigenvalue weighted by atomic mass is 10.1. The number of nitriles is 1. The summed E-state index contributed by atoms with van der Waals surface area (Å²) in [6.45, 7) is 6.28. The average Bonchev–Trinajstić information content (AvgIpc) is 3.34. The zero-order valence-electron chi connectivity index (χ0n) is 15.5. The van der Waals surface area contributed by atoms with Crippen LogP contribution in [0, 0.1) is 24.2 Å². The number of carbonyl (C=O) groups is 1. The van der Waals surface area contributed by atoms with E-state index in [1.54, 1.807) is 6.20 Å². The molecule has 3 heterocycles. The highest BCUT2D eigenvalue weighted by atomic mass is 16.1. The van der Waals surface area contributed by atoms with Crippen molar-refractivity contribution in [2.24, 2.45) is 5.92 Å². The van der Waals surface area contributed by atoms with E-state index < -0.39 is 0 Å². The van der Waals surface area contributed by atoms with Gasteiger partial charge in [0.25, 0.3) is 0 Å². The third-order valence-electron chi connectivity index (χ3n) is 4.85. The molecule has 1 amide bonds. The standard InChI is InChI=1S/C20H20N6O/c1-4-26-10-16(15-7-19(24-12(3)27)22-9-18(15)26)17-5-11(2)23-20(25-17)14-6-13(14)8-21/h5,7,9-10,13-14H,4,6H2,1-3H3,(H,22,24,27). The predicted molar refractivity (Wildman–Crippen MR) is 102 cm³/mol. The van der Waals surface area contributed by atoms with E-state index in [1.165, 1.54) is 6.92 Å². The van der Waals surface area contributed by atoms with E-state index >= 15 is 0 Å². The quantitative estimate of drug-likeness (QED) is 0.769. The average molecular weight is 360 g/mol. The summed E-state index contributed by atoms with van der Waals surface area (Å²) in [6, 6.07) is 6.14. The minimum Gasteiger partial charge on any atom is -0.346 e. The first-order valence-electron chi connectivity index (χ1n) is 9.02. The fourth-order valence-corrected chi connectivity index (χ4v) is 3.42. The van der Waals surface area contributed by atoms with Crippen molar-refractivity contribution in [2.45, 2.75) is 39.7 Å². The third-order valence-corrected chi connectivity index (χ3v) is 4.85. The summed E-state index contributed by atoms with van der Waals surface area (Å²) in [6.07, 6.45) is 4.66. The minimum atomic E-state index is -0.158. The van der Waals surface area contributed by atoms with Gasteiger partial charge in [0.2, 0.25) is 5.91 Å². The molecule has 2 atom stereocenters.